The number of halogens is 1. The number of H-pyrrole nitrogens is 1. The van der Waals surface area contributed by atoms with Crippen LogP contribution in [0.15, 0.2) is 59.7 Å². The highest BCUT2D eigenvalue weighted by molar-refractivity contribution is 6.30. The molecule has 5 unspecified atom stereocenters. The Balaban J connectivity index is 1.27. The number of benzene rings is 1. The molecule has 5 rings (SSSR count). The molecular weight excluding hydrogens is 586 g/mol. The summed E-state index contributed by atoms with van der Waals surface area (Å²) >= 11 is 5.95. The van der Waals surface area contributed by atoms with Gasteiger partial charge in [-0.15, -0.1) is 0 Å². The highest BCUT2D eigenvalue weighted by atomic mass is 35.5. The number of aromatic amines is 1. The van der Waals surface area contributed by atoms with Crippen molar-refractivity contribution in [3.8, 4) is 11.6 Å². The summed E-state index contributed by atoms with van der Waals surface area (Å²) in [7, 11) is 0. The fourth-order valence-corrected chi connectivity index (χ4v) is 5.44. The summed E-state index contributed by atoms with van der Waals surface area (Å²) in [6, 6.07) is 6.60. The number of aromatic nitrogens is 2. The SMILES string of the molecule is O=C(c1cccc2c(O)[nH]c(=O)cc12)N(CCOCCN1C(O)C=CC1(O)Oc1cncc(Cl)c1)C1CCC(O)NC1O. The molecule has 0 saturated carbocycles. The molecule has 0 spiro atoms. The lowest BCUT2D eigenvalue weighted by Crippen LogP contribution is -2.59. The molecule has 0 radical (unpaired) electrons. The normalized spacial score (nSPS) is 25.7. The van der Waals surface area contributed by atoms with Crippen LogP contribution in [0.3, 0.4) is 0 Å². The lowest BCUT2D eigenvalue weighted by Gasteiger charge is -2.40. The maximum Gasteiger partial charge on any atom is 0.294 e. The van der Waals surface area contributed by atoms with Crippen LogP contribution in [0, 0.1) is 0 Å². The number of amides is 1. The van der Waals surface area contributed by atoms with Crippen molar-refractivity contribution in [3.63, 3.8) is 0 Å². The number of aliphatic hydroxyl groups excluding tert-OH is 3. The van der Waals surface area contributed by atoms with Crippen LogP contribution in [0.2, 0.25) is 5.02 Å². The molecule has 4 heterocycles. The molecule has 2 aliphatic rings. The van der Waals surface area contributed by atoms with Gasteiger partial charge < -0.3 is 39.9 Å². The van der Waals surface area contributed by atoms with E-state index in [9.17, 15) is 35.1 Å². The number of rotatable bonds is 10. The number of carbonyl (C=O) groups excluding carboxylic acids is 1. The number of nitrogens with one attached hydrogen (secondary N) is 2. The fraction of sp³-hybridized carbons (Fsp3) is 0.393. The number of aliphatic hydroxyl groups is 4. The molecule has 230 valence electrons. The maximum atomic E-state index is 13.9. The zero-order valence-corrected chi connectivity index (χ0v) is 23.6. The second-order valence-corrected chi connectivity index (χ2v) is 10.6. The third-order valence-corrected chi connectivity index (χ3v) is 7.56. The van der Waals surface area contributed by atoms with Crippen molar-refractivity contribution in [1.29, 1.82) is 0 Å². The summed E-state index contributed by atoms with van der Waals surface area (Å²) in [5.41, 5.74) is -0.446. The molecule has 7 N–H and O–H groups in total. The largest absolute Gasteiger partial charge is 0.494 e. The first-order valence-corrected chi connectivity index (χ1v) is 14.0. The number of carbonyl (C=O) groups is 1. The highest BCUT2D eigenvalue weighted by Gasteiger charge is 2.43. The van der Waals surface area contributed by atoms with E-state index in [4.69, 9.17) is 21.1 Å². The van der Waals surface area contributed by atoms with Crippen molar-refractivity contribution < 1.29 is 39.8 Å². The number of hydrogen-bond acceptors (Lipinski definition) is 12. The van der Waals surface area contributed by atoms with Crippen LogP contribution in [0.1, 0.15) is 23.2 Å². The van der Waals surface area contributed by atoms with Gasteiger partial charge in [0, 0.05) is 53.8 Å². The quantitative estimate of drug-likeness (QED) is 0.0917. The van der Waals surface area contributed by atoms with Gasteiger partial charge in [-0.25, -0.2) is 4.90 Å². The molecule has 2 aliphatic heterocycles. The van der Waals surface area contributed by atoms with E-state index in [1.165, 1.54) is 52.5 Å². The molecule has 1 aromatic carbocycles. The van der Waals surface area contributed by atoms with Gasteiger partial charge in [-0.3, -0.25) is 24.9 Å². The molecule has 2 aromatic heterocycles. The zero-order valence-electron chi connectivity index (χ0n) is 22.8. The summed E-state index contributed by atoms with van der Waals surface area (Å²) in [5.74, 6) is -2.70. The average molecular weight is 618 g/mol. The standard InChI is InChI=1S/C28H32ClN5O9/c29-16-12-17(15-30-14-16)43-28(41)7-6-24(37)34(28)9-11-42-10-8-33(21-4-5-22(35)31-26(21)39)27(40)19-3-1-2-18-20(19)13-23(36)32-25(18)38/h1-3,6-7,12-15,21-22,24,26,31,35,37,39,41H,4-5,8-11H2,(H2,32,36,38). The van der Waals surface area contributed by atoms with Gasteiger partial charge in [0.1, 0.15) is 24.4 Å². The van der Waals surface area contributed by atoms with Gasteiger partial charge in [0.05, 0.1) is 30.5 Å². The zero-order chi connectivity index (χ0) is 30.7. The van der Waals surface area contributed by atoms with E-state index in [0.29, 0.717) is 5.02 Å². The molecule has 3 aromatic rings. The molecule has 15 heteroatoms. The highest BCUT2D eigenvalue weighted by Crippen LogP contribution is 2.29. The average Bonchev–Trinajstić information content (AvgIpc) is 3.23. The predicted octanol–water partition coefficient (Wildman–Crippen LogP) is 0.0450. The maximum absolute atomic E-state index is 13.9. The minimum Gasteiger partial charge on any atom is -0.494 e. The monoisotopic (exact) mass is 617 g/mol. The van der Waals surface area contributed by atoms with Gasteiger partial charge in [0.2, 0.25) is 0 Å². The van der Waals surface area contributed by atoms with E-state index >= 15 is 0 Å². The number of nitrogens with zero attached hydrogens (tertiary/aromatic N) is 3. The van der Waals surface area contributed by atoms with E-state index in [1.54, 1.807) is 12.1 Å². The Morgan fingerprint density at radius 3 is 2.74 bits per heavy atom. The first-order valence-electron chi connectivity index (χ1n) is 13.6. The number of pyridine rings is 2. The molecule has 14 nitrogen and oxygen atoms in total. The molecular formula is C28H32ClN5O9. The summed E-state index contributed by atoms with van der Waals surface area (Å²) in [4.78, 5) is 34.8. The Morgan fingerprint density at radius 1 is 1.16 bits per heavy atom. The van der Waals surface area contributed by atoms with Crippen LogP contribution in [0.25, 0.3) is 10.8 Å². The third kappa shape index (κ3) is 6.82. The van der Waals surface area contributed by atoms with Crippen LogP contribution in [0.4, 0.5) is 0 Å². The van der Waals surface area contributed by atoms with Crippen LogP contribution < -0.4 is 15.6 Å². The molecule has 1 fully saturated rings. The van der Waals surface area contributed by atoms with Crippen LogP contribution in [-0.4, -0.2) is 108 Å². The molecule has 1 amide bonds. The minimum absolute atomic E-state index is 0.00295. The van der Waals surface area contributed by atoms with E-state index < -0.39 is 42.1 Å². The van der Waals surface area contributed by atoms with Crippen molar-refractivity contribution in [3.05, 3.63) is 75.8 Å². The molecule has 43 heavy (non-hydrogen) atoms. The first-order chi connectivity index (χ1) is 20.6. The second-order valence-electron chi connectivity index (χ2n) is 10.2. The van der Waals surface area contributed by atoms with Crippen molar-refractivity contribution in [2.45, 2.75) is 43.5 Å². The Hall–Kier alpha value is -3.60. The van der Waals surface area contributed by atoms with Crippen molar-refractivity contribution in [2.24, 2.45) is 0 Å². The van der Waals surface area contributed by atoms with Crippen molar-refractivity contribution in [1.82, 2.24) is 25.1 Å². The number of fused-ring (bicyclic) bond motifs is 1. The number of ether oxygens (including phenoxy) is 2. The van der Waals surface area contributed by atoms with Gasteiger partial charge in [0.15, 0.2) is 5.88 Å². The molecule has 0 bridgehead atoms. The fourth-order valence-electron chi connectivity index (χ4n) is 5.28. The lowest BCUT2D eigenvalue weighted by atomic mass is 9.99. The van der Waals surface area contributed by atoms with Crippen LogP contribution >= 0.6 is 11.6 Å². The lowest BCUT2D eigenvalue weighted by molar-refractivity contribution is -0.231. The molecule has 5 atom stereocenters. The van der Waals surface area contributed by atoms with Crippen molar-refractivity contribution in [2.75, 3.05) is 26.3 Å². The predicted molar refractivity (Wildman–Crippen MR) is 153 cm³/mol. The van der Waals surface area contributed by atoms with Gasteiger partial charge >= 0.3 is 0 Å². The Labute approximate surface area is 250 Å². The van der Waals surface area contributed by atoms with E-state index in [0.717, 1.165) is 0 Å². The Bertz CT molecular complexity index is 1550. The van der Waals surface area contributed by atoms with Crippen LogP contribution in [0.5, 0.6) is 11.6 Å². The van der Waals surface area contributed by atoms with Crippen LogP contribution in [-0.2, 0) is 4.74 Å². The Morgan fingerprint density at radius 2 is 1.98 bits per heavy atom. The smallest absolute Gasteiger partial charge is 0.294 e. The number of piperidine rings is 1. The summed E-state index contributed by atoms with van der Waals surface area (Å²) in [5, 5.41) is 55.7. The Kier molecular flexibility index (Phi) is 9.29. The minimum atomic E-state index is -1.99. The number of hydrogen-bond donors (Lipinski definition) is 7. The summed E-state index contributed by atoms with van der Waals surface area (Å²) < 4.78 is 11.4. The topological polar surface area (TPSA) is 201 Å². The third-order valence-electron chi connectivity index (χ3n) is 7.35. The summed E-state index contributed by atoms with van der Waals surface area (Å²) in [6.45, 7) is 0.0579. The van der Waals surface area contributed by atoms with Gasteiger partial charge in [-0.1, -0.05) is 17.7 Å². The molecule has 1 saturated heterocycles. The van der Waals surface area contributed by atoms with E-state index in [-0.39, 0.29) is 67.1 Å². The summed E-state index contributed by atoms with van der Waals surface area (Å²) in [6.07, 6.45) is 2.65. The first kappa shape index (κ1) is 30.8. The van der Waals surface area contributed by atoms with E-state index in [1.807, 2.05) is 0 Å². The second kappa shape index (κ2) is 13.0. The van der Waals surface area contributed by atoms with Crippen molar-refractivity contribution >= 4 is 28.3 Å². The van der Waals surface area contributed by atoms with E-state index in [2.05, 4.69) is 15.3 Å². The van der Waals surface area contributed by atoms with Gasteiger partial charge in [-0.05, 0) is 31.1 Å². The van der Waals surface area contributed by atoms with Gasteiger partial charge in [-0.2, -0.15) is 0 Å². The molecule has 0 aliphatic carbocycles. The number of aromatic hydroxyl groups is 1. The van der Waals surface area contributed by atoms with Gasteiger partial charge in [0.25, 0.3) is 17.4 Å².